The van der Waals surface area contributed by atoms with E-state index in [0.717, 1.165) is 0 Å². The van der Waals surface area contributed by atoms with Crippen molar-refractivity contribution in [3.05, 3.63) is 0 Å². The van der Waals surface area contributed by atoms with Crippen LogP contribution in [-0.4, -0.2) is 8.80 Å². The quantitative estimate of drug-likeness (QED) is 0.0915. The predicted octanol–water partition coefficient (Wildman–Crippen LogP) is 13.5. The van der Waals surface area contributed by atoms with Crippen LogP contribution >= 0.6 is 0 Å². The fourth-order valence-corrected chi connectivity index (χ4v) is 14.0. The van der Waals surface area contributed by atoms with Gasteiger partial charge in [0.2, 0.25) is 0 Å². The third-order valence-electron chi connectivity index (χ3n) is 10.8. The lowest BCUT2D eigenvalue weighted by Crippen LogP contribution is -2.37. The van der Waals surface area contributed by atoms with Crippen molar-refractivity contribution in [3.8, 4) is 0 Å². The van der Waals surface area contributed by atoms with Gasteiger partial charge in [0.1, 0.15) is 0 Å². The number of hydrogen-bond acceptors (Lipinski definition) is 0. The van der Waals surface area contributed by atoms with Gasteiger partial charge in [-0.3, -0.25) is 0 Å². The molecule has 0 nitrogen and oxygen atoms in total. The molecule has 0 amide bonds. The molecule has 0 aliphatic carbocycles. The Bertz CT molecular complexity index is 400. The van der Waals surface area contributed by atoms with Crippen LogP contribution in [0.4, 0.5) is 0 Å². The molecule has 37 heavy (non-hydrogen) atoms. The van der Waals surface area contributed by atoms with Crippen molar-refractivity contribution >= 4 is 8.80 Å². The van der Waals surface area contributed by atoms with E-state index >= 15 is 0 Å². The SMILES string of the molecule is CCCCC(CC)(CCCC)C[SiH](CC(CC)(CCCC)CCCC)CC(CC)(CCCC)CCCC. The van der Waals surface area contributed by atoms with Gasteiger partial charge in [-0.25, -0.2) is 0 Å². The normalized spacial score (nSPS) is 13.1. The first-order valence-electron chi connectivity index (χ1n) is 17.8. The summed E-state index contributed by atoms with van der Waals surface area (Å²) in [6.07, 6.45) is 30.3. The maximum atomic E-state index is 2.57. The molecule has 0 radical (unpaired) electrons. The molecule has 0 fully saturated rings. The molecule has 0 aliphatic heterocycles. The zero-order chi connectivity index (χ0) is 28.0. The van der Waals surface area contributed by atoms with Gasteiger partial charge in [-0.05, 0) is 54.8 Å². The molecule has 0 spiro atoms. The van der Waals surface area contributed by atoms with Gasteiger partial charge in [-0.15, -0.1) is 0 Å². The maximum absolute atomic E-state index is 2.57. The van der Waals surface area contributed by atoms with Crippen molar-refractivity contribution in [2.75, 3.05) is 0 Å². The van der Waals surface area contributed by atoms with Gasteiger partial charge in [-0.2, -0.15) is 0 Å². The smallest absolute Gasteiger partial charge is 0.0384 e. The van der Waals surface area contributed by atoms with E-state index in [2.05, 4.69) is 62.3 Å². The van der Waals surface area contributed by atoms with E-state index in [1.54, 1.807) is 18.1 Å². The minimum Gasteiger partial charge on any atom is -0.0654 e. The molecule has 0 saturated carbocycles. The van der Waals surface area contributed by atoms with E-state index < -0.39 is 8.80 Å². The topological polar surface area (TPSA) is 0 Å². The second kappa shape index (κ2) is 22.0. The zero-order valence-corrected chi connectivity index (χ0v) is 29.2. The van der Waals surface area contributed by atoms with Crippen LogP contribution in [0.25, 0.3) is 0 Å². The molecule has 0 atom stereocenters. The summed E-state index contributed by atoms with van der Waals surface area (Å²) in [6.45, 7) is 22.2. The van der Waals surface area contributed by atoms with E-state index in [0.29, 0.717) is 16.2 Å². The van der Waals surface area contributed by atoms with Crippen molar-refractivity contribution in [2.45, 2.75) is 215 Å². The van der Waals surface area contributed by atoms with Crippen LogP contribution in [0.15, 0.2) is 0 Å². The average molecular weight is 537 g/mol. The minimum absolute atomic E-state index is 0.646. The predicted molar refractivity (Wildman–Crippen MR) is 177 cm³/mol. The van der Waals surface area contributed by atoms with Gasteiger partial charge in [0.25, 0.3) is 0 Å². The fraction of sp³-hybridized carbons (Fsp3) is 1.00. The highest BCUT2D eigenvalue weighted by molar-refractivity contribution is 6.59. The summed E-state index contributed by atoms with van der Waals surface area (Å²) in [4.78, 5) is 0. The summed E-state index contributed by atoms with van der Waals surface area (Å²) in [6, 6.07) is 4.97. The number of rotatable bonds is 27. The summed E-state index contributed by atoms with van der Waals surface area (Å²) in [7, 11) is -0.918. The molecule has 1 heteroatoms. The lowest BCUT2D eigenvalue weighted by Gasteiger charge is -2.45. The Balaban J connectivity index is 6.43. The standard InChI is InChI=1S/C36H76Si/c1-10-19-25-34(16-7,26-20-11-2)31-37(32-35(17-8,27-21-12-3)28-22-13-4)33-36(18-9,29-23-14-5)30-24-15-6/h37H,10-33H2,1-9H3. The first-order valence-corrected chi connectivity index (χ1v) is 20.3. The molecule has 0 aromatic rings. The zero-order valence-electron chi connectivity index (χ0n) is 28.0. The summed E-state index contributed by atoms with van der Waals surface area (Å²) in [5.41, 5.74) is 1.94. The molecular weight excluding hydrogens is 460 g/mol. The molecule has 0 rings (SSSR count). The van der Waals surface area contributed by atoms with E-state index in [1.165, 1.54) is 135 Å². The Morgan fingerprint density at radius 3 is 0.649 bits per heavy atom. The summed E-state index contributed by atoms with van der Waals surface area (Å²) >= 11 is 0. The Hall–Kier alpha value is 0.217. The maximum Gasteiger partial charge on any atom is 0.0384 e. The Morgan fingerprint density at radius 1 is 0.324 bits per heavy atom. The minimum atomic E-state index is -0.918. The second-order valence-corrected chi connectivity index (χ2v) is 16.6. The van der Waals surface area contributed by atoms with Crippen molar-refractivity contribution in [2.24, 2.45) is 16.2 Å². The molecule has 0 N–H and O–H groups in total. The highest BCUT2D eigenvalue weighted by atomic mass is 28.3. The number of unbranched alkanes of at least 4 members (excludes halogenated alkanes) is 6. The Morgan fingerprint density at radius 2 is 0.514 bits per heavy atom. The molecule has 0 aliphatic rings. The molecule has 0 aromatic heterocycles. The summed E-state index contributed by atoms with van der Waals surface area (Å²) in [5.74, 6) is 0. The van der Waals surface area contributed by atoms with Gasteiger partial charge < -0.3 is 0 Å². The van der Waals surface area contributed by atoms with Crippen LogP contribution in [0, 0.1) is 16.2 Å². The molecule has 0 saturated heterocycles. The van der Waals surface area contributed by atoms with E-state index in [1.807, 2.05) is 0 Å². The van der Waals surface area contributed by atoms with E-state index in [-0.39, 0.29) is 0 Å². The van der Waals surface area contributed by atoms with Crippen LogP contribution in [0.5, 0.6) is 0 Å². The molecule has 0 aromatic carbocycles. The largest absolute Gasteiger partial charge is 0.0654 e. The van der Waals surface area contributed by atoms with Crippen molar-refractivity contribution in [1.82, 2.24) is 0 Å². The first-order chi connectivity index (χ1) is 17.8. The van der Waals surface area contributed by atoms with Crippen LogP contribution < -0.4 is 0 Å². The number of hydrogen-bond donors (Lipinski definition) is 0. The van der Waals surface area contributed by atoms with Gasteiger partial charge in [0.15, 0.2) is 0 Å². The molecule has 0 heterocycles. The fourth-order valence-electron chi connectivity index (χ4n) is 7.85. The van der Waals surface area contributed by atoms with Crippen molar-refractivity contribution in [3.63, 3.8) is 0 Å². The van der Waals surface area contributed by atoms with Gasteiger partial charge >= 0.3 is 0 Å². The third kappa shape index (κ3) is 14.4. The lowest BCUT2D eigenvalue weighted by atomic mass is 9.77. The van der Waals surface area contributed by atoms with Crippen molar-refractivity contribution < 1.29 is 0 Å². The monoisotopic (exact) mass is 537 g/mol. The molecular formula is C36H76Si. The van der Waals surface area contributed by atoms with Gasteiger partial charge in [0, 0.05) is 8.80 Å². The third-order valence-corrected chi connectivity index (χ3v) is 15.1. The highest BCUT2D eigenvalue weighted by Crippen LogP contribution is 2.50. The molecule has 224 valence electrons. The second-order valence-electron chi connectivity index (χ2n) is 13.7. The highest BCUT2D eigenvalue weighted by Gasteiger charge is 2.40. The van der Waals surface area contributed by atoms with Crippen molar-refractivity contribution in [1.29, 1.82) is 0 Å². The van der Waals surface area contributed by atoms with Crippen LogP contribution in [0.3, 0.4) is 0 Å². The lowest BCUT2D eigenvalue weighted by molar-refractivity contribution is 0.215. The molecule has 0 bridgehead atoms. The van der Waals surface area contributed by atoms with Gasteiger partial charge in [0.05, 0.1) is 0 Å². The van der Waals surface area contributed by atoms with Crippen LogP contribution in [-0.2, 0) is 0 Å². The first kappa shape index (κ1) is 37.2. The molecule has 0 unspecified atom stereocenters. The van der Waals surface area contributed by atoms with Gasteiger partial charge in [-0.1, -0.05) is 177 Å². The van der Waals surface area contributed by atoms with Crippen LogP contribution in [0.1, 0.15) is 197 Å². The van der Waals surface area contributed by atoms with Crippen LogP contribution in [0.2, 0.25) is 18.1 Å². The van der Waals surface area contributed by atoms with E-state index in [9.17, 15) is 0 Å². The summed E-state index contributed by atoms with van der Waals surface area (Å²) < 4.78 is 0. The Kier molecular flexibility index (Phi) is 22.1. The van der Waals surface area contributed by atoms with E-state index in [4.69, 9.17) is 0 Å². The summed E-state index contributed by atoms with van der Waals surface area (Å²) in [5, 5.41) is 0. The Labute approximate surface area is 239 Å². The average Bonchev–Trinajstić information content (AvgIpc) is 2.93.